The number of hydrogen-bond donors (Lipinski definition) is 0. The maximum Gasteiger partial charge on any atom is 0.234 e. The third-order valence-electron chi connectivity index (χ3n) is 2.34. The van der Waals surface area contributed by atoms with E-state index in [4.69, 9.17) is 16.3 Å². The molecule has 1 aromatic carbocycles. The first kappa shape index (κ1) is 9.12. The molecule has 15 heavy (non-hydrogen) atoms. The highest BCUT2D eigenvalue weighted by Gasteiger charge is 2.26. The number of hydrogen-bond acceptors (Lipinski definition) is 4. The van der Waals surface area contributed by atoms with Crippen molar-refractivity contribution in [2.24, 2.45) is 0 Å². The number of nitrogens with zero attached hydrogens (tertiary/aromatic N) is 2. The molecule has 0 aliphatic carbocycles. The molecule has 2 heterocycles. The van der Waals surface area contributed by atoms with Crippen molar-refractivity contribution in [1.29, 1.82) is 0 Å². The lowest BCUT2D eigenvalue weighted by molar-refractivity contribution is 0.238. The smallest absolute Gasteiger partial charge is 0.234 e. The number of benzene rings is 1. The van der Waals surface area contributed by atoms with Crippen LogP contribution < -0.4 is 4.74 Å². The van der Waals surface area contributed by atoms with Crippen LogP contribution in [0.15, 0.2) is 24.3 Å². The van der Waals surface area contributed by atoms with Crippen molar-refractivity contribution in [2.75, 3.05) is 0 Å². The number of aromatic nitrogens is 2. The van der Waals surface area contributed by atoms with E-state index >= 15 is 0 Å². The van der Waals surface area contributed by atoms with Gasteiger partial charge in [0, 0.05) is 6.42 Å². The van der Waals surface area contributed by atoms with Crippen LogP contribution in [-0.2, 0) is 6.42 Å². The number of halogens is 1. The quantitative estimate of drug-likeness (QED) is 0.766. The van der Waals surface area contributed by atoms with Crippen molar-refractivity contribution >= 4 is 23.1 Å². The Labute approximate surface area is 95.9 Å². The summed E-state index contributed by atoms with van der Waals surface area (Å²) in [7, 11) is 0. The largest absolute Gasteiger partial charge is 0.483 e. The molecule has 1 aromatic heterocycles. The Morgan fingerprint density at radius 1 is 1.40 bits per heavy atom. The summed E-state index contributed by atoms with van der Waals surface area (Å²) in [5.41, 5.74) is 1.22. The molecule has 2 aromatic rings. The summed E-state index contributed by atoms with van der Waals surface area (Å²) in [4.78, 5) is 4.12. The van der Waals surface area contributed by atoms with Crippen LogP contribution in [0.3, 0.4) is 0 Å². The predicted octanol–water partition coefficient (Wildman–Crippen LogP) is 2.87. The van der Waals surface area contributed by atoms with E-state index in [-0.39, 0.29) is 6.10 Å². The minimum Gasteiger partial charge on any atom is -0.483 e. The molecular weight excluding hydrogens is 232 g/mol. The lowest BCUT2D eigenvalue weighted by Crippen LogP contribution is -2.02. The minimum absolute atomic E-state index is 0.0209. The highest BCUT2D eigenvalue weighted by atomic mass is 35.5. The average Bonchev–Trinajstić information content (AvgIpc) is 2.82. The van der Waals surface area contributed by atoms with Crippen LogP contribution >= 0.6 is 23.1 Å². The molecule has 0 saturated heterocycles. The van der Waals surface area contributed by atoms with E-state index in [9.17, 15) is 0 Å². The van der Waals surface area contributed by atoms with Crippen LogP contribution in [0.5, 0.6) is 5.75 Å². The molecule has 0 fully saturated rings. The van der Waals surface area contributed by atoms with Gasteiger partial charge in [0.1, 0.15) is 5.75 Å². The molecule has 0 N–H and O–H groups in total. The normalized spacial score (nSPS) is 18.6. The molecule has 1 aliphatic heterocycles. The van der Waals surface area contributed by atoms with Gasteiger partial charge in [0.15, 0.2) is 11.1 Å². The van der Waals surface area contributed by atoms with Crippen molar-refractivity contribution in [3.05, 3.63) is 40.1 Å². The van der Waals surface area contributed by atoms with Crippen molar-refractivity contribution in [2.45, 2.75) is 12.5 Å². The van der Waals surface area contributed by atoms with Crippen molar-refractivity contribution in [3.8, 4) is 5.75 Å². The van der Waals surface area contributed by atoms with Gasteiger partial charge in [-0.05, 0) is 34.8 Å². The first-order valence-corrected chi connectivity index (χ1v) is 5.72. The van der Waals surface area contributed by atoms with Gasteiger partial charge in [-0.2, -0.15) is 4.37 Å². The van der Waals surface area contributed by atoms with E-state index < -0.39 is 0 Å². The van der Waals surface area contributed by atoms with E-state index in [0.29, 0.717) is 5.28 Å². The fourth-order valence-electron chi connectivity index (χ4n) is 1.67. The van der Waals surface area contributed by atoms with E-state index in [0.717, 1.165) is 17.2 Å². The summed E-state index contributed by atoms with van der Waals surface area (Å²) in [6.07, 6.45) is 0.828. The Balaban J connectivity index is 1.90. The molecule has 1 aliphatic rings. The highest BCUT2D eigenvalue weighted by molar-refractivity contribution is 7.05. The molecule has 1 atom stereocenters. The SMILES string of the molecule is Clc1nsc(C2Cc3ccccc3O2)n1. The van der Waals surface area contributed by atoms with Gasteiger partial charge in [0.05, 0.1) is 0 Å². The Morgan fingerprint density at radius 3 is 3.00 bits per heavy atom. The van der Waals surface area contributed by atoms with Gasteiger partial charge in [0.2, 0.25) is 5.28 Å². The first-order valence-electron chi connectivity index (χ1n) is 4.56. The zero-order valence-corrected chi connectivity index (χ0v) is 9.26. The van der Waals surface area contributed by atoms with Gasteiger partial charge in [-0.1, -0.05) is 18.2 Å². The highest BCUT2D eigenvalue weighted by Crippen LogP contribution is 2.36. The lowest BCUT2D eigenvalue weighted by atomic mass is 10.1. The molecule has 0 saturated carbocycles. The van der Waals surface area contributed by atoms with E-state index in [1.807, 2.05) is 18.2 Å². The second-order valence-electron chi connectivity index (χ2n) is 3.32. The summed E-state index contributed by atoms with van der Waals surface area (Å²) in [6, 6.07) is 8.02. The molecule has 0 spiro atoms. The number of ether oxygens (including phenoxy) is 1. The standard InChI is InChI=1S/C10H7ClN2OS/c11-10-12-9(15-13-10)8-5-6-3-1-2-4-7(6)14-8/h1-4,8H,5H2. The van der Waals surface area contributed by atoms with E-state index in [1.165, 1.54) is 17.1 Å². The monoisotopic (exact) mass is 238 g/mol. The van der Waals surface area contributed by atoms with E-state index in [1.54, 1.807) is 0 Å². The zero-order valence-electron chi connectivity index (χ0n) is 7.68. The van der Waals surface area contributed by atoms with Gasteiger partial charge < -0.3 is 4.74 Å². The Morgan fingerprint density at radius 2 is 2.27 bits per heavy atom. The third-order valence-corrected chi connectivity index (χ3v) is 3.41. The molecule has 5 heteroatoms. The molecule has 1 unspecified atom stereocenters. The molecule has 0 radical (unpaired) electrons. The van der Waals surface area contributed by atoms with E-state index in [2.05, 4.69) is 15.4 Å². The Hall–Kier alpha value is -1.13. The Kier molecular flexibility index (Phi) is 2.11. The second-order valence-corrected chi connectivity index (χ2v) is 4.44. The van der Waals surface area contributed by atoms with Gasteiger partial charge in [-0.3, -0.25) is 0 Å². The van der Waals surface area contributed by atoms with Gasteiger partial charge >= 0.3 is 0 Å². The molecule has 3 nitrogen and oxygen atoms in total. The van der Waals surface area contributed by atoms with Crippen molar-refractivity contribution < 1.29 is 4.74 Å². The molecule has 76 valence electrons. The summed E-state index contributed by atoms with van der Waals surface area (Å²) < 4.78 is 9.70. The molecule has 0 bridgehead atoms. The molecular formula is C10H7ClN2OS. The Bertz CT molecular complexity index is 475. The van der Waals surface area contributed by atoms with Crippen LogP contribution in [0.4, 0.5) is 0 Å². The summed E-state index contributed by atoms with van der Waals surface area (Å²) in [5.74, 6) is 0.939. The predicted molar refractivity (Wildman–Crippen MR) is 58.4 cm³/mol. The second kappa shape index (κ2) is 3.47. The van der Waals surface area contributed by atoms with Crippen molar-refractivity contribution in [1.82, 2.24) is 9.36 Å². The number of para-hydroxylation sites is 1. The summed E-state index contributed by atoms with van der Waals surface area (Å²) >= 11 is 6.98. The fourth-order valence-corrected chi connectivity index (χ4v) is 2.50. The fraction of sp³-hybridized carbons (Fsp3) is 0.200. The molecule has 3 rings (SSSR count). The average molecular weight is 239 g/mol. The van der Waals surface area contributed by atoms with Gasteiger partial charge in [-0.15, -0.1) is 0 Å². The zero-order chi connectivity index (χ0) is 10.3. The summed E-state index contributed by atoms with van der Waals surface area (Å²) in [6.45, 7) is 0. The van der Waals surface area contributed by atoms with Gasteiger partial charge in [-0.25, -0.2) is 4.98 Å². The number of fused-ring (bicyclic) bond motifs is 1. The summed E-state index contributed by atoms with van der Waals surface area (Å²) in [5, 5.41) is 1.14. The van der Waals surface area contributed by atoms with Crippen molar-refractivity contribution in [3.63, 3.8) is 0 Å². The van der Waals surface area contributed by atoms with Gasteiger partial charge in [0.25, 0.3) is 0 Å². The third kappa shape index (κ3) is 1.60. The van der Waals surface area contributed by atoms with Crippen LogP contribution in [0.2, 0.25) is 5.28 Å². The lowest BCUT2D eigenvalue weighted by Gasteiger charge is -2.05. The van der Waals surface area contributed by atoms with Crippen LogP contribution in [0.1, 0.15) is 16.7 Å². The first-order chi connectivity index (χ1) is 7.33. The van der Waals surface area contributed by atoms with Crippen LogP contribution in [-0.4, -0.2) is 9.36 Å². The minimum atomic E-state index is -0.0209. The molecule has 0 amide bonds. The maximum absolute atomic E-state index is 5.76. The number of rotatable bonds is 1. The van der Waals surface area contributed by atoms with Crippen LogP contribution in [0.25, 0.3) is 0 Å². The maximum atomic E-state index is 5.76. The topological polar surface area (TPSA) is 35.0 Å². The van der Waals surface area contributed by atoms with Crippen LogP contribution in [0, 0.1) is 0 Å².